The molecule has 1 saturated heterocycles. The normalized spacial score (nSPS) is 18.9. The average molecular weight is 343 g/mol. The molecule has 0 N–H and O–H groups in total. The van der Waals surface area contributed by atoms with Crippen LogP contribution < -0.4 is 10.2 Å². The first-order valence-corrected chi connectivity index (χ1v) is 7.50. The lowest BCUT2D eigenvalue weighted by Crippen LogP contribution is -2.41. The molecule has 0 radical (unpaired) electrons. The lowest BCUT2D eigenvalue weighted by Gasteiger charge is -2.32. The molecule has 132 valence electrons. The largest absolute Gasteiger partial charge is 0.498 e. The SMILES string of the molecule is Cc1cc(B2OC(C)(C)C(C)(C)O2)c(OCC(F)F)c([N+](=O)[O-])c1. The van der Waals surface area contributed by atoms with Crippen molar-refractivity contribution in [2.75, 3.05) is 6.61 Å². The third kappa shape index (κ3) is 3.51. The number of aryl methyl sites for hydroxylation is 1. The van der Waals surface area contributed by atoms with Crippen LogP contribution in [0.1, 0.15) is 33.3 Å². The maximum Gasteiger partial charge on any atom is 0.498 e. The van der Waals surface area contributed by atoms with E-state index in [2.05, 4.69) is 0 Å². The van der Waals surface area contributed by atoms with Crippen LogP contribution in [0.25, 0.3) is 0 Å². The van der Waals surface area contributed by atoms with Crippen molar-refractivity contribution in [3.8, 4) is 5.75 Å². The predicted octanol–water partition coefficient (Wildman–Crippen LogP) is 2.85. The molecule has 0 atom stereocenters. The highest BCUT2D eigenvalue weighted by molar-refractivity contribution is 6.63. The van der Waals surface area contributed by atoms with E-state index >= 15 is 0 Å². The minimum atomic E-state index is -2.75. The molecule has 1 aromatic rings. The second kappa shape index (κ2) is 6.29. The number of alkyl halides is 2. The maximum absolute atomic E-state index is 12.5. The third-order valence-corrected chi connectivity index (χ3v) is 4.30. The molecule has 0 saturated carbocycles. The fourth-order valence-corrected chi connectivity index (χ4v) is 2.37. The summed E-state index contributed by atoms with van der Waals surface area (Å²) in [6.45, 7) is 8.04. The fourth-order valence-electron chi connectivity index (χ4n) is 2.37. The van der Waals surface area contributed by atoms with Crippen LogP contribution in [0.15, 0.2) is 12.1 Å². The van der Waals surface area contributed by atoms with E-state index in [4.69, 9.17) is 14.0 Å². The highest BCUT2D eigenvalue weighted by Gasteiger charge is 2.53. The summed E-state index contributed by atoms with van der Waals surface area (Å²) < 4.78 is 41.9. The summed E-state index contributed by atoms with van der Waals surface area (Å²) in [7, 11) is -0.943. The first-order chi connectivity index (χ1) is 10.9. The van der Waals surface area contributed by atoms with Crippen LogP contribution >= 0.6 is 0 Å². The van der Waals surface area contributed by atoms with Gasteiger partial charge in [0.05, 0.1) is 16.1 Å². The summed E-state index contributed by atoms with van der Waals surface area (Å²) in [6, 6.07) is 2.87. The van der Waals surface area contributed by atoms with Crippen LogP contribution in [0.2, 0.25) is 0 Å². The Balaban J connectivity index is 2.50. The van der Waals surface area contributed by atoms with Crippen molar-refractivity contribution in [2.45, 2.75) is 52.2 Å². The highest BCUT2D eigenvalue weighted by atomic mass is 19.3. The number of benzene rings is 1. The molecule has 1 heterocycles. The summed E-state index contributed by atoms with van der Waals surface area (Å²) >= 11 is 0. The average Bonchev–Trinajstić information content (AvgIpc) is 2.64. The second-order valence-electron chi connectivity index (χ2n) is 6.75. The second-order valence-corrected chi connectivity index (χ2v) is 6.75. The van der Waals surface area contributed by atoms with Gasteiger partial charge in [-0.2, -0.15) is 0 Å². The van der Waals surface area contributed by atoms with Crippen LogP contribution in [0.5, 0.6) is 5.75 Å². The molecule has 0 aliphatic carbocycles. The van der Waals surface area contributed by atoms with Crippen molar-refractivity contribution in [2.24, 2.45) is 0 Å². The summed E-state index contributed by atoms with van der Waals surface area (Å²) in [5.74, 6) is -0.246. The van der Waals surface area contributed by atoms with Gasteiger partial charge in [0.2, 0.25) is 0 Å². The molecule has 2 rings (SSSR count). The third-order valence-electron chi connectivity index (χ3n) is 4.30. The van der Waals surface area contributed by atoms with Gasteiger partial charge >= 0.3 is 12.8 Å². The molecule has 0 spiro atoms. The topological polar surface area (TPSA) is 70.8 Å². The van der Waals surface area contributed by atoms with Crippen molar-refractivity contribution < 1.29 is 27.7 Å². The van der Waals surface area contributed by atoms with Gasteiger partial charge in [-0.05, 0) is 40.2 Å². The summed E-state index contributed by atoms with van der Waals surface area (Å²) in [6.07, 6.45) is -2.75. The highest BCUT2D eigenvalue weighted by Crippen LogP contribution is 2.38. The number of ether oxygens (including phenoxy) is 1. The number of hydrogen-bond acceptors (Lipinski definition) is 5. The molecule has 24 heavy (non-hydrogen) atoms. The van der Waals surface area contributed by atoms with E-state index in [0.717, 1.165) is 0 Å². The van der Waals surface area contributed by atoms with Crippen molar-refractivity contribution >= 4 is 18.3 Å². The van der Waals surface area contributed by atoms with Gasteiger partial charge in [0.15, 0.2) is 5.75 Å². The van der Waals surface area contributed by atoms with Crippen molar-refractivity contribution in [3.05, 3.63) is 27.8 Å². The Labute approximate surface area is 139 Å². The van der Waals surface area contributed by atoms with Crippen LogP contribution in [-0.2, 0) is 9.31 Å². The lowest BCUT2D eigenvalue weighted by atomic mass is 9.77. The molecular weight excluding hydrogens is 323 g/mol. The van der Waals surface area contributed by atoms with Gasteiger partial charge in [-0.3, -0.25) is 10.1 Å². The molecule has 6 nitrogen and oxygen atoms in total. The molecule has 1 fully saturated rings. The van der Waals surface area contributed by atoms with Gasteiger partial charge in [-0.25, -0.2) is 8.78 Å². The molecule has 0 bridgehead atoms. The van der Waals surface area contributed by atoms with Crippen LogP contribution in [0, 0.1) is 17.0 Å². The number of halogens is 2. The van der Waals surface area contributed by atoms with Gasteiger partial charge in [0.25, 0.3) is 6.43 Å². The molecule has 0 unspecified atom stereocenters. The van der Waals surface area contributed by atoms with E-state index in [0.29, 0.717) is 5.56 Å². The Bertz CT molecular complexity index is 635. The molecule has 1 aliphatic heterocycles. The minimum absolute atomic E-state index is 0.237. The van der Waals surface area contributed by atoms with E-state index in [1.165, 1.54) is 6.07 Å². The number of hydrogen-bond donors (Lipinski definition) is 0. The van der Waals surface area contributed by atoms with E-state index in [1.54, 1.807) is 13.0 Å². The number of nitro groups is 1. The van der Waals surface area contributed by atoms with E-state index in [1.807, 2.05) is 27.7 Å². The van der Waals surface area contributed by atoms with Gasteiger partial charge < -0.3 is 14.0 Å². The lowest BCUT2D eigenvalue weighted by molar-refractivity contribution is -0.385. The van der Waals surface area contributed by atoms with Gasteiger partial charge in [-0.15, -0.1) is 0 Å². The molecule has 0 amide bonds. The number of rotatable bonds is 5. The molecule has 0 aromatic heterocycles. The Morgan fingerprint density at radius 3 is 2.25 bits per heavy atom. The zero-order valence-electron chi connectivity index (χ0n) is 14.3. The first kappa shape index (κ1) is 18.6. The Hall–Kier alpha value is -1.74. The first-order valence-electron chi connectivity index (χ1n) is 7.50. The zero-order valence-corrected chi connectivity index (χ0v) is 14.3. The fraction of sp³-hybridized carbons (Fsp3) is 0.600. The van der Waals surface area contributed by atoms with Crippen LogP contribution in [-0.4, -0.2) is 36.3 Å². The Kier molecular flexibility index (Phi) is 4.87. The molecule has 1 aliphatic rings. The Morgan fingerprint density at radius 1 is 1.25 bits per heavy atom. The molecule has 1 aromatic carbocycles. The van der Waals surface area contributed by atoms with Gasteiger partial charge in [-0.1, -0.05) is 6.07 Å². The summed E-state index contributed by atoms with van der Waals surface area (Å²) in [4.78, 5) is 10.6. The van der Waals surface area contributed by atoms with Crippen LogP contribution in [0.4, 0.5) is 14.5 Å². The van der Waals surface area contributed by atoms with Crippen molar-refractivity contribution in [1.82, 2.24) is 0 Å². The Morgan fingerprint density at radius 2 is 1.79 bits per heavy atom. The van der Waals surface area contributed by atoms with Crippen molar-refractivity contribution in [1.29, 1.82) is 0 Å². The van der Waals surface area contributed by atoms with Gasteiger partial charge in [0.1, 0.15) is 6.61 Å². The smallest absolute Gasteiger partial charge is 0.481 e. The predicted molar refractivity (Wildman–Crippen MR) is 85.0 cm³/mol. The summed E-state index contributed by atoms with van der Waals surface area (Å²) in [5.41, 5.74) is -0.913. The van der Waals surface area contributed by atoms with E-state index in [-0.39, 0.29) is 16.9 Å². The summed E-state index contributed by atoms with van der Waals surface area (Å²) in [5, 5.41) is 11.3. The van der Waals surface area contributed by atoms with Crippen molar-refractivity contribution in [3.63, 3.8) is 0 Å². The monoisotopic (exact) mass is 343 g/mol. The quantitative estimate of drug-likeness (QED) is 0.467. The van der Waals surface area contributed by atoms with E-state index in [9.17, 15) is 18.9 Å². The zero-order chi connectivity index (χ0) is 18.3. The standard InChI is InChI=1S/C15H20BF2NO5/c1-9-6-10(16-23-14(2,3)15(4,5)24-16)13(22-8-12(17)18)11(7-9)19(20)21/h6-7,12H,8H2,1-5H3. The maximum atomic E-state index is 12.5. The minimum Gasteiger partial charge on any atom is -0.481 e. The van der Waals surface area contributed by atoms with E-state index < -0.39 is 36.3 Å². The van der Waals surface area contributed by atoms with Gasteiger partial charge in [0, 0.05) is 11.5 Å². The van der Waals surface area contributed by atoms with Crippen LogP contribution in [0.3, 0.4) is 0 Å². The number of nitro benzene ring substituents is 1. The molecule has 9 heteroatoms. The number of nitrogens with zero attached hydrogens (tertiary/aromatic N) is 1. The molecular formula is C15H20BF2NO5.